The van der Waals surface area contributed by atoms with Crippen LogP contribution in [-0.2, 0) is 10.0 Å². The van der Waals surface area contributed by atoms with Crippen LogP contribution in [0.2, 0.25) is 0 Å². The number of sulfonamides is 1. The van der Waals surface area contributed by atoms with Crippen LogP contribution < -0.4 is 4.72 Å². The van der Waals surface area contributed by atoms with E-state index in [1.165, 1.54) is 18.9 Å². The van der Waals surface area contributed by atoms with Gasteiger partial charge >= 0.3 is 5.97 Å². The highest BCUT2D eigenvalue weighted by atomic mass is 79.9. The summed E-state index contributed by atoms with van der Waals surface area (Å²) in [6.45, 7) is 1.65. The zero-order valence-electron chi connectivity index (χ0n) is 11.1. The van der Waals surface area contributed by atoms with Gasteiger partial charge in [0.1, 0.15) is 9.77 Å². The molecule has 0 amide bonds. The van der Waals surface area contributed by atoms with Crippen molar-refractivity contribution >= 4 is 43.3 Å². The Morgan fingerprint density at radius 2 is 2.14 bits per heavy atom. The summed E-state index contributed by atoms with van der Waals surface area (Å²) in [5.41, 5.74) is 0. The molecule has 0 radical (unpaired) electrons. The zero-order chi connectivity index (χ0) is 15.2. The van der Waals surface area contributed by atoms with Crippen molar-refractivity contribution in [1.82, 2.24) is 9.62 Å². The predicted molar refractivity (Wildman–Crippen MR) is 82.3 cm³/mol. The van der Waals surface area contributed by atoms with E-state index in [1.807, 2.05) is 0 Å². The molecule has 1 aliphatic carbocycles. The molecule has 0 spiro atoms. The monoisotopic (exact) mass is 394 g/mol. The van der Waals surface area contributed by atoms with E-state index in [9.17, 15) is 13.2 Å². The molecule has 0 aromatic carbocycles. The molecule has 2 fully saturated rings. The zero-order valence-corrected chi connectivity index (χ0v) is 14.3. The van der Waals surface area contributed by atoms with Crippen molar-refractivity contribution in [2.75, 3.05) is 13.1 Å². The minimum absolute atomic E-state index is 0.00767. The third kappa shape index (κ3) is 3.31. The highest BCUT2D eigenvalue weighted by Crippen LogP contribution is 2.33. The van der Waals surface area contributed by atoms with Gasteiger partial charge in [0.15, 0.2) is 0 Å². The molecule has 1 aromatic rings. The maximum atomic E-state index is 12.4. The van der Waals surface area contributed by atoms with Gasteiger partial charge in [-0.3, -0.25) is 4.90 Å². The number of nitrogens with one attached hydrogen (secondary N) is 1. The van der Waals surface area contributed by atoms with Crippen molar-refractivity contribution in [2.24, 2.45) is 0 Å². The summed E-state index contributed by atoms with van der Waals surface area (Å²) in [4.78, 5) is 13.3. The van der Waals surface area contributed by atoms with Crippen LogP contribution in [-0.4, -0.2) is 49.6 Å². The maximum absolute atomic E-state index is 12.4. The lowest BCUT2D eigenvalue weighted by atomic mass is 10.3. The summed E-state index contributed by atoms with van der Waals surface area (Å²) in [6.07, 6.45) is 3.21. The number of carboxylic acids is 1. The summed E-state index contributed by atoms with van der Waals surface area (Å²) >= 11 is 4.05. The number of rotatable bonds is 5. The van der Waals surface area contributed by atoms with Crippen LogP contribution in [0.1, 0.15) is 28.9 Å². The van der Waals surface area contributed by atoms with Crippen molar-refractivity contribution in [3.05, 3.63) is 14.7 Å². The third-order valence-electron chi connectivity index (χ3n) is 3.76. The Morgan fingerprint density at radius 3 is 2.71 bits per heavy atom. The first kappa shape index (κ1) is 15.4. The van der Waals surface area contributed by atoms with Crippen LogP contribution in [0, 0.1) is 0 Å². The van der Waals surface area contributed by atoms with E-state index in [-0.39, 0.29) is 15.8 Å². The van der Waals surface area contributed by atoms with E-state index < -0.39 is 16.0 Å². The minimum Gasteiger partial charge on any atom is -0.477 e. The predicted octanol–water partition coefficient (Wildman–Crippen LogP) is 1.72. The SMILES string of the molecule is O=C(O)c1cc(S(=O)(=O)NC2CCN(C3CC3)C2)c(Br)s1. The maximum Gasteiger partial charge on any atom is 0.345 e. The van der Waals surface area contributed by atoms with E-state index in [4.69, 9.17) is 5.11 Å². The number of aromatic carboxylic acids is 1. The average Bonchev–Trinajstić information content (AvgIpc) is 3.01. The molecule has 21 heavy (non-hydrogen) atoms. The molecule has 6 nitrogen and oxygen atoms in total. The summed E-state index contributed by atoms with van der Waals surface area (Å²) < 4.78 is 27.8. The Balaban J connectivity index is 1.73. The molecule has 1 atom stereocenters. The summed E-state index contributed by atoms with van der Waals surface area (Å²) in [5.74, 6) is -1.12. The number of hydrogen-bond donors (Lipinski definition) is 2. The van der Waals surface area contributed by atoms with Crippen molar-refractivity contribution in [3.8, 4) is 0 Å². The number of thiophene rings is 1. The second-order valence-electron chi connectivity index (χ2n) is 5.39. The summed E-state index contributed by atoms with van der Waals surface area (Å²) in [7, 11) is -3.69. The molecule has 0 bridgehead atoms. The lowest BCUT2D eigenvalue weighted by Crippen LogP contribution is -2.37. The molecule has 1 saturated heterocycles. The third-order valence-corrected chi connectivity index (χ3v) is 7.52. The van der Waals surface area contributed by atoms with Crippen LogP contribution in [0.5, 0.6) is 0 Å². The number of nitrogens with zero attached hydrogens (tertiary/aromatic N) is 1. The normalized spacial score (nSPS) is 23.6. The molecule has 3 rings (SSSR count). The van der Waals surface area contributed by atoms with Crippen molar-refractivity contribution in [1.29, 1.82) is 0 Å². The van der Waals surface area contributed by atoms with E-state index in [0.717, 1.165) is 30.8 Å². The molecule has 116 valence electrons. The van der Waals surface area contributed by atoms with E-state index in [0.29, 0.717) is 9.83 Å². The highest BCUT2D eigenvalue weighted by Gasteiger charge is 2.36. The number of halogens is 1. The summed E-state index contributed by atoms with van der Waals surface area (Å²) in [6, 6.07) is 1.73. The molecule has 2 N–H and O–H groups in total. The Labute approximate surface area is 135 Å². The smallest absolute Gasteiger partial charge is 0.345 e. The van der Waals surface area contributed by atoms with Gasteiger partial charge in [0, 0.05) is 25.2 Å². The van der Waals surface area contributed by atoms with Crippen LogP contribution in [0.15, 0.2) is 14.7 Å². The molecule has 1 aromatic heterocycles. The molecular weight excluding hydrogens is 380 g/mol. The fourth-order valence-corrected chi connectivity index (χ4v) is 6.24. The minimum atomic E-state index is -3.69. The van der Waals surface area contributed by atoms with Crippen molar-refractivity contribution in [3.63, 3.8) is 0 Å². The lowest BCUT2D eigenvalue weighted by molar-refractivity contribution is 0.0702. The Morgan fingerprint density at radius 1 is 1.43 bits per heavy atom. The van der Waals surface area contributed by atoms with E-state index in [1.54, 1.807) is 0 Å². The van der Waals surface area contributed by atoms with Crippen LogP contribution in [0.3, 0.4) is 0 Å². The number of likely N-dealkylation sites (tertiary alicyclic amines) is 1. The second-order valence-corrected chi connectivity index (χ2v) is 9.44. The van der Waals surface area contributed by atoms with Gasteiger partial charge < -0.3 is 5.11 Å². The first-order valence-corrected chi connectivity index (χ1v) is 9.75. The molecule has 1 saturated carbocycles. The van der Waals surface area contributed by atoms with Crippen LogP contribution >= 0.6 is 27.3 Å². The van der Waals surface area contributed by atoms with E-state index in [2.05, 4.69) is 25.6 Å². The fraction of sp³-hybridized carbons (Fsp3) is 0.583. The van der Waals surface area contributed by atoms with Crippen LogP contribution in [0.25, 0.3) is 0 Å². The number of carbonyl (C=O) groups is 1. The molecule has 9 heteroatoms. The van der Waals surface area contributed by atoms with Gasteiger partial charge in [-0.1, -0.05) is 0 Å². The number of hydrogen-bond acceptors (Lipinski definition) is 5. The largest absolute Gasteiger partial charge is 0.477 e. The van der Waals surface area contributed by atoms with Gasteiger partial charge in [-0.25, -0.2) is 17.9 Å². The molecule has 2 heterocycles. The summed E-state index contributed by atoms with van der Waals surface area (Å²) in [5, 5.41) is 8.94. The Kier molecular flexibility index (Phi) is 4.12. The number of carboxylic acid groups (broad SMARTS) is 1. The standard InChI is InChI=1S/C12H15BrN2O4S2/c13-11-10(5-9(20-11)12(16)17)21(18,19)14-7-3-4-15(6-7)8-1-2-8/h5,7-8,14H,1-4,6H2,(H,16,17). The molecule has 1 aliphatic heterocycles. The second kappa shape index (κ2) is 5.62. The van der Waals surface area contributed by atoms with Crippen molar-refractivity contribution in [2.45, 2.75) is 36.2 Å². The average molecular weight is 395 g/mol. The Bertz CT molecular complexity index is 669. The fourth-order valence-electron chi connectivity index (χ4n) is 2.58. The van der Waals surface area contributed by atoms with Gasteiger partial charge in [-0.15, -0.1) is 11.3 Å². The van der Waals surface area contributed by atoms with Gasteiger partial charge in [0.05, 0.1) is 3.79 Å². The quantitative estimate of drug-likeness (QED) is 0.793. The first-order valence-electron chi connectivity index (χ1n) is 6.66. The van der Waals surface area contributed by atoms with Crippen LogP contribution in [0.4, 0.5) is 0 Å². The molecule has 1 unspecified atom stereocenters. The lowest BCUT2D eigenvalue weighted by Gasteiger charge is -2.15. The van der Waals surface area contributed by atoms with Gasteiger partial charge in [0.25, 0.3) is 0 Å². The Hall–Kier alpha value is -0.480. The molecule has 2 aliphatic rings. The van der Waals surface area contributed by atoms with Crippen molar-refractivity contribution < 1.29 is 18.3 Å². The van der Waals surface area contributed by atoms with Gasteiger partial charge in [-0.2, -0.15) is 0 Å². The first-order chi connectivity index (χ1) is 9.87. The van der Waals surface area contributed by atoms with E-state index >= 15 is 0 Å². The van der Waals surface area contributed by atoms with Gasteiger partial charge in [-0.05, 0) is 41.3 Å². The van der Waals surface area contributed by atoms with Gasteiger partial charge in [0.2, 0.25) is 10.0 Å². The highest BCUT2D eigenvalue weighted by molar-refractivity contribution is 9.11. The topological polar surface area (TPSA) is 86.7 Å². The molecular formula is C12H15BrN2O4S2.